The van der Waals surface area contributed by atoms with Crippen LogP contribution in [-0.2, 0) is 11.2 Å². The van der Waals surface area contributed by atoms with Crippen molar-refractivity contribution in [3.63, 3.8) is 0 Å². The molecule has 0 saturated heterocycles. The fraction of sp³-hybridized carbons (Fsp3) is 0.348. The number of hydrogen-bond donors (Lipinski definition) is 2. The summed E-state index contributed by atoms with van der Waals surface area (Å²) in [5.41, 5.74) is 3.78. The Hall–Kier alpha value is -2.24. The maximum atomic E-state index is 11.5. The van der Waals surface area contributed by atoms with Crippen molar-refractivity contribution in [3.8, 4) is 11.3 Å². The van der Waals surface area contributed by atoms with Crippen LogP contribution in [0.25, 0.3) is 22.2 Å². The highest BCUT2D eigenvalue weighted by molar-refractivity contribution is 7.97. The van der Waals surface area contributed by atoms with Crippen molar-refractivity contribution in [1.29, 1.82) is 0 Å². The van der Waals surface area contributed by atoms with Gasteiger partial charge in [0.25, 0.3) is 0 Å². The van der Waals surface area contributed by atoms with Gasteiger partial charge in [0.05, 0.1) is 12.1 Å². The molecule has 0 amide bonds. The lowest BCUT2D eigenvalue weighted by Crippen LogP contribution is -2.27. The molecule has 1 fully saturated rings. The van der Waals surface area contributed by atoms with Crippen molar-refractivity contribution in [2.45, 2.75) is 49.5 Å². The number of fused-ring (bicyclic) bond motifs is 1. The molecule has 0 aliphatic heterocycles. The van der Waals surface area contributed by atoms with Crippen LogP contribution in [0.15, 0.2) is 53.4 Å². The number of carbonyl (C=O) groups is 1. The number of para-hydroxylation sites is 1. The normalized spacial score (nSPS) is 15.4. The topological polar surface area (TPSA) is 56.3 Å². The van der Waals surface area contributed by atoms with Gasteiger partial charge in [0.1, 0.15) is 0 Å². The van der Waals surface area contributed by atoms with Gasteiger partial charge >= 0.3 is 5.97 Å². The molecule has 3 aromatic rings. The average molecular weight is 395 g/mol. The summed E-state index contributed by atoms with van der Waals surface area (Å²) in [6, 6.07) is 17.0. The molecule has 4 nitrogen and oxygen atoms in total. The van der Waals surface area contributed by atoms with Crippen molar-refractivity contribution >= 4 is 28.8 Å². The van der Waals surface area contributed by atoms with Gasteiger partial charge in [-0.2, -0.15) is 0 Å². The van der Waals surface area contributed by atoms with Gasteiger partial charge in [0, 0.05) is 21.8 Å². The summed E-state index contributed by atoms with van der Waals surface area (Å²) in [7, 11) is 2.19. The fourth-order valence-electron chi connectivity index (χ4n) is 4.18. The lowest BCUT2D eigenvalue weighted by atomic mass is 9.96. The number of nitrogens with zero attached hydrogens (tertiary/aromatic N) is 1. The molecule has 1 aliphatic rings. The maximum absolute atomic E-state index is 11.5. The van der Waals surface area contributed by atoms with E-state index in [9.17, 15) is 9.90 Å². The number of rotatable bonds is 6. The van der Waals surface area contributed by atoms with Crippen LogP contribution in [0.5, 0.6) is 0 Å². The Morgan fingerprint density at radius 2 is 1.93 bits per heavy atom. The van der Waals surface area contributed by atoms with E-state index in [0.717, 1.165) is 27.7 Å². The molecular formula is C23H26N2O2S. The average Bonchev–Trinajstić information content (AvgIpc) is 3.07. The Morgan fingerprint density at radius 1 is 1.14 bits per heavy atom. The van der Waals surface area contributed by atoms with Gasteiger partial charge in [0.15, 0.2) is 0 Å². The van der Waals surface area contributed by atoms with Crippen molar-refractivity contribution in [2.75, 3.05) is 7.05 Å². The van der Waals surface area contributed by atoms with Crippen LogP contribution >= 0.6 is 11.9 Å². The van der Waals surface area contributed by atoms with Gasteiger partial charge in [-0.25, -0.2) is 4.31 Å². The minimum absolute atomic E-state index is 0.0126. The van der Waals surface area contributed by atoms with Crippen LogP contribution in [0, 0.1) is 0 Å². The second-order valence-electron chi connectivity index (χ2n) is 7.55. The van der Waals surface area contributed by atoms with Crippen LogP contribution in [-0.4, -0.2) is 33.5 Å². The third-order valence-electron chi connectivity index (χ3n) is 5.60. The number of hydrogen-bond acceptors (Lipinski definition) is 3. The smallest absolute Gasteiger partial charge is 0.307 e. The summed E-state index contributed by atoms with van der Waals surface area (Å²) in [5, 5.41) is 10.4. The molecule has 28 heavy (non-hydrogen) atoms. The van der Waals surface area contributed by atoms with Crippen LogP contribution in [0.4, 0.5) is 0 Å². The number of benzene rings is 2. The van der Waals surface area contributed by atoms with Crippen molar-refractivity contribution in [2.24, 2.45) is 0 Å². The summed E-state index contributed by atoms with van der Waals surface area (Å²) in [5.74, 6) is -0.812. The monoisotopic (exact) mass is 394 g/mol. The Morgan fingerprint density at radius 3 is 2.71 bits per heavy atom. The molecule has 5 heteroatoms. The number of nitrogens with one attached hydrogen (secondary N) is 1. The molecule has 146 valence electrons. The summed E-state index contributed by atoms with van der Waals surface area (Å²) in [6.45, 7) is 0. The highest BCUT2D eigenvalue weighted by Crippen LogP contribution is 2.35. The number of aliphatic carboxylic acids is 1. The number of H-pyrrole nitrogens is 1. The largest absolute Gasteiger partial charge is 0.481 e. The quantitative estimate of drug-likeness (QED) is 0.524. The zero-order chi connectivity index (χ0) is 19.5. The van der Waals surface area contributed by atoms with Gasteiger partial charge in [-0.3, -0.25) is 4.79 Å². The third-order valence-corrected chi connectivity index (χ3v) is 6.65. The molecule has 0 radical (unpaired) electrons. The zero-order valence-electron chi connectivity index (χ0n) is 16.1. The molecule has 1 aromatic heterocycles. The van der Waals surface area contributed by atoms with Crippen molar-refractivity contribution in [1.82, 2.24) is 9.29 Å². The molecular weight excluding hydrogens is 368 g/mol. The Balaban J connectivity index is 1.64. The number of aromatic nitrogens is 1. The highest BCUT2D eigenvalue weighted by Gasteiger charge is 2.20. The molecule has 2 N–H and O–H groups in total. The fourth-order valence-corrected chi connectivity index (χ4v) is 5.19. The van der Waals surface area contributed by atoms with Gasteiger partial charge < -0.3 is 10.1 Å². The molecule has 1 saturated carbocycles. The Labute approximate surface area is 170 Å². The molecule has 1 aliphatic carbocycles. The van der Waals surface area contributed by atoms with Crippen LogP contribution in [0.2, 0.25) is 0 Å². The first-order chi connectivity index (χ1) is 13.6. The van der Waals surface area contributed by atoms with E-state index >= 15 is 0 Å². The van der Waals surface area contributed by atoms with Crippen LogP contribution in [0.3, 0.4) is 0 Å². The van der Waals surface area contributed by atoms with E-state index in [1.165, 1.54) is 37.0 Å². The molecule has 0 unspecified atom stereocenters. The van der Waals surface area contributed by atoms with Gasteiger partial charge in [-0.15, -0.1) is 0 Å². The van der Waals surface area contributed by atoms with Crippen molar-refractivity contribution < 1.29 is 9.90 Å². The van der Waals surface area contributed by atoms with E-state index in [0.29, 0.717) is 6.04 Å². The summed E-state index contributed by atoms with van der Waals surface area (Å²) in [6.07, 6.45) is 6.56. The molecule has 4 rings (SSSR count). The second kappa shape index (κ2) is 8.41. The van der Waals surface area contributed by atoms with E-state index < -0.39 is 5.97 Å². The van der Waals surface area contributed by atoms with Crippen molar-refractivity contribution in [3.05, 3.63) is 54.1 Å². The Bertz CT molecular complexity index is 976. The first-order valence-electron chi connectivity index (χ1n) is 9.94. The van der Waals surface area contributed by atoms with E-state index in [2.05, 4.69) is 40.6 Å². The highest BCUT2D eigenvalue weighted by atomic mass is 32.2. The standard InChI is InChI=1S/C23H26N2O2S/c1-25(17-9-3-2-4-10-17)28-18-11-7-8-16(14-18)23-20(15-22(26)27)19-12-5-6-13-21(19)24-23/h5-8,11-14,17,24H,2-4,9-10,15H2,1H3,(H,26,27). The summed E-state index contributed by atoms with van der Waals surface area (Å²) >= 11 is 1.79. The van der Waals surface area contributed by atoms with E-state index in [1.807, 2.05) is 24.3 Å². The second-order valence-corrected chi connectivity index (χ2v) is 8.78. The number of carboxylic acid groups (broad SMARTS) is 1. The van der Waals surface area contributed by atoms with E-state index in [-0.39, 0.29) is 6.42 Å². The van der Waals surface area contributed by atoms with E-state index in [4.69, 9.17) is 0 Å². The van der Waals surface area contributed by atoms with Gasteiger partial charge in [0.2, 0.25) is 0 Å². The van der Waals surface area contributed by atoms with Crippen LogP contribution in [0.1, 0.15) is 37.7 Å². The number of carboxylic acids is 1. The molecule has 0 atom stereocenters. The first-order valence-corrected chi connectivity index (χ1v) is 10.7. The SMILES string of the molecule is CN(Sc1cccc(-c2[nH]c3ccccc3c2CC(=O)O)c1)C1CCCCC1. The third kappa shape index (κ3) is 4.10. The van der Waals surface area contributed by atoms with E-state index in [1.54, 1.807) is 11.9 Å². The maximum Gasteiger partial charge on any atom is 0.307 e. The van der Waals surface area contributed by atoms with Gasteiger partial charge in [-0.1, -0.05) is 49.6 Å². The molecule has 2 aromatic carbocycles. The minimum Gasteiger partial charge on any atom is -0.481 e. The molecule has 1 heterocycles. The molecule has 0 bridgehead atoms. The Kier molecular flexibility index (Phi) is 5.74. The summed E-state index contributed by atoms with van der Waals surface area (Å²) < 4.78 is 2.39. The lowest BCUT2D eigenvalue weighted by Gasteiger charge is -2.30. The predicted molar refractivity (Wildman–Crippen MR) is 116 cm³/mol. The minimum atomic E-state index is -0.812. The number of aromatic amines is 1. The van der Waals surface area contributed by atoms with Gasteiger partial charge in [-0.05, 0) is 61.2 Å². The summed E-state index contributed by atoms with van der Waals surface area (Å²) in [4.78, 5) is 16.1. The van der Waals surface area contributed by atoms with Crippen LogP contribution < -0.4 is 0 Å². The molecule has 0 spiro atoms. The lowest BCUT2D eigenvalue weighted by molar-refractivity contribution is -0.136. The first kappa shape index (κ1) is 19.1. The predicted octanol–water partition coefficient (Wildman–Crippen LogP) is 5.73. The zero-order valence-corrected chi connectivity index (χ0v) is 17.0.